The molecule has 4 rings (SSSR count). The van der Waals surface area contributed by atoms with Crippen LogP contribution in [0.4, 0.5) is 10.6 Å². The number of carbonyl (C=O) groups excluding carboxylic acids is 1. The fourth-order valence-corrected chi connectivity index (χ4v) is 2.92. The average Bonchev–Trinajstić information content (AvgIpc) is 3.49. The molecular weight excluding hydrogens is 406 g/mol. The maximum absolute atomic E-state index is 12.3. The number of thiol groups is 1. The first kappa shape index (κ1) is 20.6. The minimum atomic E-state index is -0.316. The number of ether oxygens (including phenoxy) is 2. The second-order valence-corrected chi connectivity index (χ2v) is 7.33. The van der Waals surface area contributed by atoms with Crippen LogP contribution in [0.5, 0.6) is 0 Å². The Hall–Kier alpha value is -2.69. The largest absolute Gasteiger partial charge is 0.457 e. The van der Waals surface area contributed by atoms with E-state index in [1.165, 1.54) is 4.31 Å². The third-order valence-corrected chi connectivity index (χ3v) is 4.96. The zero-order valence-corrected chi connectivity index (χ0v) is 17.5. The molecule has 0 atom stereocenters. The molecule has 3 aromatic heterocycles. The van der Waals surface area contributed by atoms with Crippen LogP contribution in [0.15, 0.2) is 34.9 Å². The van der Waals surface area contributed by atoms with Crippen LogP contribution in [0, 0.1) is 5.92 Å². The van der Waals surface area contributed by atoms with Crippen molar-refractivity contribution in [3.63, 3.8) is 0 Å². The number of nitrogens with zero attached hydrogens (tertiary/aromatic N) is 4. The second kappa shape index (κ2) is 9.41. The first-order valence-electron chi connectivity index (χ1n) is 9.79. The van der Waals surface area contributed by atoms with E-state index in [0.29, 0.717) is 59.9 Å². The number of nitrogens with one attached hydrogen (secondary N) is 1. The molecule has 1 fully saturated rings. The van der Waals surface area contributed by atoms with E-state index in [4.69, 9.17) is 13.9 Å². The number of amides is 2. The number of carbonyl (C=O) groups is 1. The van der Waals surface area contributed by atoms with Gasteiger partial charge in [-0.05, 0) is 49.9 Å². The van der Waals surface area contributed by atoms with Crippen LogP contribution >= 0.6 is 12.8 Å². The zero-order chi connectivity index (χ0) is 20.9. The maximum atomic E-state index is 12.3. The lowest BCUT2D eigenvalue weighted by Gasteiger charge is -2.15. The zero-order valence-electron chi connectivity index (χ0n) is 16.6. The molecular formula is C20H23N5O4S. The lowest BCUT2D eigenvalue weighted by Crippen LogP contribution is -2.35. The Morgan fingerprint density at radius 2 is 2.13 bits per heavy atom. The SMILES string of the molecule is CCOCOCc1ccc(-c2cnc3ccc(N(S)C(=O)NCC4CC4)nc3n2)o1. The van der Waals surface area contributed by atoms with Crippen molar-refractivity contribution < 1.29 is 18.7 Å². The fourth-order valence-electron chi connectivity index (χ4n) is 2.73. The second-order valence-electron chi connectivity index (χ2n) is 6.93. The third-order valence-electron chi connectivity index (χ3n) is 4.57. The molecule has 158 valence electrons. The van der Waals surface area contributed by atoms with Crippen molar-refractivity contribution >= 4 is 35.8 Å². The smallest absolute Gasteiger partial charge is 0.333 e. The summed E-state index contributed by atoms with van der Waals surface area (Å²) < 4.78 is 17.5. The molecule has 0 radical (unpaired) electrons. The van der Waals surface area contributed by atoms with E-state index < -0.39 is 0 Å². The van der Waals surface area contributed by atoms with Crippen molar-refractivity contribution in [1.29, 1.82) is 0 Å². The summed E-state index contributed by atoms with van der Waals surface area (Å²) in [4.78, 5) is 25.6. The number of hydrogen-bond acceptors (Lipinski definition) is 8. The van der Waals surface area contributed by atoms with Gasteiger partial charge in [-0.2, -0.15) is 0 Å². The average molecular weight is 430 g/mol. The summed E-state index contributed by atoms with van der Waals surface area (Å²) in [6, 6.07) is 6.73. The van der Waals surface area contributed by atoms with Crippen LogP contribution in [0.3, 0.4) is 0 Å². The predicted octanol–water partition coefficient (Wildman–Crippen LogP) is 3.57. The van der Waals surface area contributed by atoms with Gasteiger partial charge in [-0.25, -0.2) is 19.1 Å². The minimum Gasteiger partial charge on any atom is -0.457 e. The lowest BCUT2D eigenvalue weighted by atomic mass is 10.3. The standard InChI is InChI=1S/C20H23N5O4S/c1-2-27-12-28-11-14-5-7-17(29-14)16-10-21-15-6-8-18(24-19(15)23-16)25(30)20(26)22-9-13-3-4-13/h5-8,10,13,30H,2-4,9,11-12H2,1H3,(H,22,26). The summed E-state index contributed by atoms with van der Waals surface area (Å²) in [5.41, 5.74) is 1.53. The molecule has 1 aliphatic carbocycles. The van der Waals surface area contributed by atoms with E-state index >= 15 is 0 Å². The van der Waals surface area contributed by atoms with Gasteiger partial charge in [0.1, 0.15) is 36.2 Å². The summed E-state index contributed by atoms with van der Waals surface area (Å²) in [6.07, 6.45) is 3.94. The topological polar surface area (TPSA) is 103 Å². The van der Waals surface area contributed by atoms with E-state index in [9.17, 15) is 4.79 Å². The Labute approximate surface area is 179 Å². The Balaban J connectivity index is 1.47. The quantitative estimate of drug-likeness (QED) is 0.304. The molecule has 30 heavy (non-hydrogen) atoms. The van der Waals surface area contributed by atoms with Gasteiger partial charge in [-0.1, -0.05) is 12.8 Å². The third kappa shape index (κ3) is 5.07. The predicted molar refractivity (Wildman–Crippen MR) is 114 cm³/mol. The highest BCUT2D eigenvalue weighted by molar-refractivity contribution is 7.82. The molecule has 3 heterocycles. The van der Waals surface area contributed by atoms with Gasteiger partial charge >= 0.3 is 6.03 Å². The summed E-state index contributed by atoms with van der Waals surface area (Å²) in [6.45, 7) is 3.66. The van der Waals surface area contributed by atoms with Gasteiger partial charge in [0.15, 0.2) is 11.4 Å². The molecule has 0 bridgehead atoms. The van der Waals surface area contributed by atoms with E-state index in [2.05, 4.69) is 33.1 Å². The van der Waals surface area contributed by atoms with Gasteiger partial charge in [0.2, 0.25) is 0 Å². The molecule has 3 aromatic rings. The van der Waals surface area contributed by atoms with E-state index in [0.717, 1.165) is 12.8 Å². The van der Waals surface area contributed by atoms with Crippen LogP contribution in [0.25, 0.3) is 22.6 Å². The number of furan rings is 1. The normalized spacial score (nSPS) is 13.5. The lowest BCUT2D eigenvalue weighted by molar-refractivity contribution is -0.0613. The number of anilines is 1. The Morgan fingerprint density at radius 3 is 2.93 bits per heavy atom. The molecule has 10 heteroatoms. The van der Waals surface area contributed by atoms with E-state index in [1.54, 1.807) is 24.4 Å². The molecule has 1 saturated carbocycles. The van der Waals surface area contributed by atoms with Crippen LogP contribution in [0.2, 0.25) is 0 Å². The Kier molecular flexibility index (Phi) is 6.46. The molecule has 0 saturated heterocycles. The fraction of sp³-hybridized carbons (Fsp3) is 0.400. The number of urea groups is 1. The van der Waals surface area contributed by atoms with Crippen LogP contribution < -0.4 is 9.62 Å². The van der Waals surface area contributed by atoms with Crippen molar-refractivity contribution in [2.45, 2.75) is 26.4 Å². The van der Waals surface area contributed by atoms with Crippen molar-refractivity contribution in [3.05, 3.63) is 36.2 Å². The first-order valence-corrected chi connectivity index (χ1v) is 10.2. The van der Waals surface area contributed by atoms with Gasteiger partial charge in [0.05, 0.1) is 6.20 Å². The summed E-state index contributed by atoms with van der Waals surface area (Å²) in [7, 11) is 0. The summed E-state index contributed by atoms with van der Waals surface area (Å²) in [5.74, 6) is 2.16. The van der Waals surface area contributed by atoms with Gasteiger partial charge in [0.25, 0.3) is 0 Å². The molecule has 9 nitrogen and oxygen atoms in total. The Morgan fingerprint density at radius 1 is 1.27 bits per heavy atom. The molecule has 0 spiro atoms. The number of pyridine rings is 1. The summed E-state index contributed by atoms with van der Waals surface area (Å²) in [5, 5.41) is 2.85. The molecule has 0 aromatic carbocycles. The number of aromatic nitrogens is 3. The number of rotatable bonds is 9. The van der Waals surface area contributed by atoms with Crippen molar-refractivity contribution in [2.75, 3.05) is 24.2 Å². The minimum absolute atomic E-state index is 0.212. The molecule has 1 N–H and O–H groups in total. The number of fused-ring (bicyclic) bond motifs is 1. The number of hydrogen-bond donors (Lipinski definition) is 2. The highest BCUT2D eigenvalue weighted by Crippen LogP contribution is 2.28. The highest BCUT2D eigenvalue weighted by atomic mass is 32.1. The van der Waals surface area contributed by atoms with Gasteiger partial charge < -0.3 is 19.2 Å². The monoisotopic (exact) mass is 429 g/mol. The van der Waals surface area contributed by atoms with Crippen molar-refractivity contribution in [2.24, 2.45) is 5.92 Å². The van der Waals surface area contributed by atoms with Crippen LogP contribution in [0.1, 0.15) is 25.5 Å². The molecule has 0 unspecified atom stereocenters. The van der Waals surface area contributed by atoms with Gasteiger partial charge in [0, 0.05) is 13.2 Å². The van der Waals surface area contributed by atoms with E-state index in [-0.39, 0.29) is 12.8 Å². The van der Waals surface area contributed by atoms with E-state index in [1.807, 2.05) is 13.0 Å². The highest BCUT2D eigenvalue weighted by Gasteiger charge is 2.23. The molecule has 2 amide bonds. The molecule has 0 aliphatic heterocycles. The van der Waals surface area contributed by atoms with Crippen molar-refractivity contribution in [1.82, 2.24) is 20.3 Å². The summed E-state index contributed by atoms with van der Waals surface area (Å²) >= 11 is 4.28. The van der Waals surface area contributed by atoms with Gasteiger partial charge in [-0.15, -0.1) is 0 Å². The first-order chi connectivity index (χ1) is 14.6. The Bertz CT molecular complexity index is 1020. The molecule has 1 aliphatic rings. The van der Waals surface area contributed by atoms with Crippen LogP contribution in [-0.4, -0.2) is 40.9 Å². The maximum Gasteiger partial charge on any atom is 0.333 e. The van der Waals surface area contributed by atoms with Crippen molar-refractivity contribution in [3.8, 4) is 11.5 Å². The van der Waals surface area contributed by atoms with Gasteiger partial charge in [-0.3, -0.25) is 4.98 Å². The van der Waals surface area contributed by atoms with Crippen LogP contribution in [-0.2, 0) is 16.1 Å².